The van der Waals surface area contributed by atoms with Crippen molar-refractivity contribution in [1.82, 2.24) is 10.2 Å². The quantitative estimate of drug-likeness (QED) is 0.785. The molecular formula is C19H33Cl2N3O. The molecule has 144 valence electrons. The van der Waals surface area contributed by atoms with Gasteiger partial charge in [-0.15, -0.1) is 24.8 Å². The zero-order valence-electron chi connectivity index (χ0n) is 15.5. The fourth-order valence-corrected chi connectivity index (χ4v) is 3.70. The van der Waals surface area contributed by atoms with E-state index in [1.54, 1.807) is 0 Å². The number of likely N-dealkylation sites (N-methyl/N-ethyl adjacent to an activating group) is 1. The van der Waals surface area contributed by atoms with E-state index in [0.717, 1.165) is 18.4 Å². The molecule has 0 aliphatic heterocycles. The molecule has 25 heavy (non-hydrogen) atoms. The fourth-order valence-electron chi connectivity index (χ4n) is 3.70. The van der Waals surface area contributed by atoms with Gasteiger partial charge in [-0.1, -0.05) is 50.1 Å². The Labute approximate surface area is 164 Å². The van der Waals surface area contributed by atoms with E-state index < -0.39 is 6.04 Å². The highest BCUT2D eigenvalue weighted by Gasteiger charge is 2.37. The van der Waals surface area contributed by atoms with Crippen LogP contribution in [0.5, 0.6) is 0 Å². The van der Waals surface area contributed by atoms with Gasteiger partial charge in [0.15, 0.2) is 0 Å². The summed E-state index contributed by atoms with van der Waals surface area (Å²) in [7, 11) is 4.24. The van der Waals surface area contributed by atoms with Crippen molar-refractivity contribution < 1.29 is 4.79 Å². The number of amides is 1. The van der Waals surface area contributed by atoms with Crippen molar-refractivity contribution in [3.8, 4) is 0 Å². The fraction of sp³-hybridized carbons (Fsp3) is 0.632. The Balaban J connectivity index is 0.00000288. The molecule has 3 atom stereocenters. The van der Waals surface area contributed by atoms with Crippen molar-refractivity contribution in [2.75, 3.05) is 20.6 Å². The lowest BCUT2D eigenvalue weighted by molar-refractivity contribution is -0.123. The van der Waals surface area contributed by atoms with Gasteiger partial charge in [0.05, 0.1) is 6.04 Å². The summed E-state index contributed by atoms with van der Waals surface area (Å²) < 4.78 is 0. The third-order valence-corrected chi connectivity index (χ3v) is 5.24. The number of hydrogen-bond acceptors (Lipinski definition) is 3. The van der Waals surface area contributed by atoms with Crippen LogP contribution in [0, 0.1) is 5.92 Å². The highest BCUT2D eigenvalue weighted by atomic mass is 35.5. The third kappa shape index (κ3) is 6.78. The maximum Gasteiger partial charge on any atom is 0.237 e. The van der Waals surface area contributed by atoms with Crippen molar-refractivity contribution >= 4 is 30.7 Å². The molecule has 0 radical (unpaired) electrons. The largest absolute Gasteiger partial charge is 0.353 e. The number of carbonyl (C=O) groups excluding carboxylic acids is 1. The maximum absolute atomic E-state index is 12.4. The first-order chi connectivity index (χ1) is 10.9. The first-order valence-electron chi connectivity index (χ1n) is 8.67. The smallest absolute Gasteiger partial charge is 0.237 e. The summed E-state index contributed by atoms with van der Waals surface area (Å²) in [6.45, 7) is 2.99. The van der Waals surface area contributed by atoms with E-state index in [0.29, 0.717) is 18.9 Å². The molecule has 2 unspecified atom stereocenters. The molecule has 0 saturated heterocycles. The summed E-state index contributed by atoms with van der Waals surface area (Å²) in [5, 5.41) is 3.11. The zero-order chi connectivity index (χ0) is 16.9. The van der Waals surface area contributed by atoms with E-state index in [-0.39, 0.29) is 36.3 Å². The summed E-state index contributed by atoms with van der Waals surface area (Å²) in [6.07, 6.45) is 5.37. The summed E-state index contributed by atoms with van der Waals surface area (Å²) in [4.78, 5) is 14.7. The van der Waals surface area contributed by atoms with Crippen molar-refractivity contribution in [3.05, 3.63) is 35.9 Å². The Morgan fingerprint density at radius 3 is 2.52 bits per heavy atom. The minimum Gasteiger partial charge on any atom is -0.353 e. The number of nitrogens with two attached hydrogens (primary N) is 1. The minimum absolute atomic E-state index is 0. The van der Waals surface area contributed by atoms with E-state index in [1.165, 1.54) is 12.8 Å². The summed E-state index contributed by atoms with van der Waals surface area (Å²) in [5.74, 6) is 0.661. The Bertz CT molecular complexity index is 513. The molecule has 4 nitrogen and oxygen atoms in total. The molecule has 0 aromatic heterocycles. The van der Waals surface area contributed by atoms with Gasteiger partial charge in [-0.25, -0.2) is 0 Å². The molecule has 1 aromatic carbocycles. The molecule has 1 fully saturated rings. The molecule has 0 bridgehead atoms. The topological polar surface area (TPSA) is 58.4 Å². The van der Waals surface area contributed by atoms with Crippen molar-refractivity contribution in [1.29, 1.82) is 0 Å². The molecular weight excluding hydrogens is 357 g/mol. The lowest BCUT2D eigenvalue weighted by atomic mass is 9.75. The molecule has 1 aromatic rings. The first-order valence-corrected chi connectivity index (χ1v) is 8.67. The number of halogens is 2. The Morgan fingerprint density at radius 2 is 1.96 bits per heavy atom. The number of nitrogens with zero attached hydrogens (tertiary/aromatic N) is 1. The average Bonchev–Trinajstić information content (AvgIpc) is 2.53. The number of rotatable bonds is 6. The van der Waals surface area contributed by atoms with Gasteiger partial charge in [-0.2, -0.15) is 0 Å². The van der Waals surface area contributed by atoms with Crippen LogP contribution in [0.2, 0.25) is 0 Å². The van der Waals surface area contributed by atoms with Gasteiger partial charge in [-0.05, 0) is 44.8 Å². The molecule has 0 heterocycles. The van der Waals surface area contributed by atoms with Gasteiger partial charge in [0.2, 0.25) is 5.91 Å². The molecule has 2 rings (SSSR count). The van der Waals surface area contributed by atoms with Crippen LogP contribution in [0.15, 0.2) is 30.3 Å². The van der Waals surface area contributed by atoms with Gasteiger partial charge in [0.1, 0.15) is 0 Å². The zero-order valence-corrected chi connectivity index (χ0v) is 17.2. The van der Waals surface area contributed by atoms with Crippen molar-refractivity contribution in [2.45, 2.75) is 50.6 Å². The second kappa shape index (κ2) is 11.0. The van der Waals surface area contributed by atoms with Gasteiger partial charge >= 0.3 is 0 Å². The van der Waals surface area contributed by atoms with Crippen LogP contribution < -0.4 is 11.1 Å². The predicted molar refractivity (Wildman–Crippen MR) is 110 cm³/mol. The van der Waals surface area contributed by atoms with Gasteiger partial charge in [-0.3, -0.25) is 4.79 Å². The van der Waals surface area contributed by atoms with Crippen LogP contribution in [-0.4, -0.2) is 43.0 Å². The van der Waals surface area contributed by atoms with Crippen LogP contribution in [0.1, 0.15) is 38.2 Å². The standard InChI is InChI=1S/C19H31N3O.2ClH/c1-15-8-7-11-19(13-15,22(2)3)14-21-18(23)17(20)12-16-9-5-4-6-10-16;;/h4-6,9-10,15,17H,7-8,11-14,20H2,1-3H3,(H,21,23);2*1H/t15?,17-,19?;;/m0../s1. The van der Waals surface area contributed by atoms with Gasteiger partial charge in [0.25, 0.3) is 0 Å². The van der Waals surface area contributed by atoms with E-state index in [4.69, 9.17) is 5.73 Å². The second-order valence-electron chi connectivity index (χ2n) is 7.33. The van der Waals surface area contributed by atoms with Crippen molar-refractivity contribution in [3.63, 3.8) is 0 Å². The average molecular weight is 390 g/mol. The molecule has 3 N–H and O–H groups in total. The number of carbonyl (C=O) groups is 1. The highest BCUT2D eigenvalue weighted by molar-refractivity contribution is 5.85. The van der Waals surface area contributed by atoms with Crippen molar-refractivity contribution in [2.24, 2.45) is 11.7 Å². The van der Waals surface area contributed by atoms with Crippen LogP contribution in [0.3, 0.4) is 0 Å². The Kier molecular flexibility index (Phi) is 10.7. The Morgan fingerprint density at radius 1 is 1.32 bits per heavy atom. The van der Waals surface area contributed by atoms with Crippen LogP contribution in [0.25, 0.3) is 0 Å². The SMILES string of the molecule is CC1CCCC(CNC(=O)[C@@H](N)Cc2ccccc2)(N(C)C)C1.Cl.Cl. The van der Waals surface area contributed by atoms with Gasteiger partial charge in [0, 0.05) is 12.1 Å². The first kappa shape index (κ1) is 24.2. The number of nitrogens with one attached hydrogen (secondary N) is 1. The third-order valence-electron chi connectivity index (χ3n) is 5.24. The summed E-state index contributed by atoms with van der Waals surface area (Å²) >= 11 is 0. The predicted octanol–water partition coefficient (Wildman–Crippen LogP) is 3.03. The highest BCUT2D eigenvalue weighted by Crippen LogP contribution is 2.35. The summed E-state index contributed by atoms with van der Waals surface area (Å²) in [5.41, 5.74) is 7.26. The van der Waals surface area contributed by atoms with Crippen LogP contribution >= 0.6 is 24.8 Å². The van der Waals surface area contributed by atoms with E-state index in [1.807, 2.05) is 30.3 Å². The lowest BCUT2D eigenvalue weighted by Crippen LogP contribution is -2.56. The minimum atomic E-state index is -0.488. The van der Waals surface area contributed by atoms with E-state index in [2.05, 4.69) is 31.2 Å². The number of benzene rings is 1. The van der Waals surface area contributed by atoms with E-state index in [9.17, 15) is 4.79 Å². The monoisotopic (exact) mass is 389 g/mol. The molecule has 0 spiro atoms. The van der Waals surface area contributed by atoms with Crippen LogP contribution in [-0.2, 0) is 11.2 Å². The van der Waals surface area contributed by atoms with E-state index >= 15 is 0 Å². The van der Waals surface area contributed by atoms with Crippen LogP contribution in [0.4, 0.5) is 0 Å². The maximum atomic E-state index is 12.4. The lowest BCUT2D eigenvalue weighted by Gasteiger charge is -2.45. The molecule has 1 amide bonds. The summed E-state index contributed by atoms with van der Waals surface area (Å²) in [6, 6.07) is 9.46. The molecule has 1 aliphatic rings. The molecule has 6 heteroatoms. The Hall–Kier alpha value is -0.810. The van der Waals surface area contributed by atoms with Gasteiger partial charge < -0.3 is 16.0 Å². The second-order valence-corrected chi connectivity index (χ2v) is 7.33. The normalized spacial score (nSPS) is 24.0. The molecule has 1 saturated carbocycles. The number of hydrogen-bond donors (Lipinski definition) is 2. The molecule has 1 aliphatic carbocycles.